The van der Waals surface area contributed by atoms with Crippen molar-refractivity contribution < 1.29 is 24.2 Å². The number of carbonyl (C=O) groups excluding carboxylic acids is 2. The largest absolute Gasteiger partial charge is 0.371 e. The predicted octanol–water partition coefficient (Wildman–Crippen LogP) is -0.00930. The maximum absolute atomic E-state index is 11.4. The number of allylic oxidation sites excluding steroid dienone is 2. The van der Waals surface area contributed by atoms with Crippen molar-refractivity contribution in [3.05, 3.63) is 23.8 Å². The first-order valence-corrected chi connectivity index (χ1v) is 4.71. The third kappa shape index (κ3) is 2.27. The summed E-state index contributed by atoms with van der Waals surface area (Å²) in [5, 5.41) is 9.90. The molecule has 5 heteroatoms. The Kier molecular flexibility index (Phi) is 3.74. The highest BCUT2D eigenvalue weighted by Gasteiger charge is 2.37. The van der Waals surface area contributed by atoms with Crippen molar-refractivity contribution in [2.75, 3.05) is 14.2 Å². The fourth-order valence-corrected chi connectivity index (χ4v) is 1.42. The Morgan fingerprint density at radius 2 is 2.06 bits per heavy atom. The van der Waals surface area contributed by atoms with Crippen LogP contribution in [-0.4, -0.2) is 42.8 Å². The molecule has 2 unspecified atom stereocenters. The van der Waals surface area contributed by atoms with Crippen LogP contribution in [0.15, 0.2) is 23.8 Å². The molecule has 0 aliphatic heterocycles. The van der Waals surface area contributed by atoms with Crippen LogP contribution in [0.1, 0.15) is 6.92 Å². The van der Waals surface area contributed by atoms with Gasteiger partial charge in [-0.15, -0.1) is 0 Å². The summed E-state index contributed by atoms with van der Waals surface area (Å²) in [4.78, 5) is 22.3. The van der Waals surface area contributed by atoms with Gasteiger partial charge in [0, 0.05) is 26.7 Å². The Labute approximate surface area is 93.3 Å². The predicted molar refractivity (Wildman–Crippen MR) is 55.7 cm³/mol. The number of hydrogen-bond acceptors (Lipinski definition) is 5. The summed E-state index contributed by atoms with van der Waals surface area (Å²) in [6.07, 6.45) is 3.19. The van der Waals surface area contributed by atoms with Crippen LogP contribution in [0.3, 0.4) is 0 Å². The molecule has 1 aliphatic carbocycles. The lowest BCUT2D eigenvalue weighted by atomic mass is 9.95. The topological polar surface area (TPSA) is 72.8 Å². The summed E-state index contributed by atoms with van der Waals surface area (Å²) < 4.78 is 9.87. The highest BCUT2D eigenvalue weighted by molar-refractivity contribution is 6.43. The summed E-state index contributed by atoms with van der Waals surface area (Å²) in [6, 6.07) is 0. The lowest BCUT2D eigenvalue weighted by Gasteiger charge is -2.31. The molecule has 0 aromatic carbocycles. The van der Waals surface area contributed by atoms with Crippen molar-refractivity contribution in [1.82, 2.24) is 0 Å². The maximum atomic E-state index is 11.4. The molecule has 0 fully saturated rings. The molecule has 0 spiro atoms. The maximum Gasteiger partial charge on any atom is 0.228 e. The van der Waals surface area contributed by atoms with E-state index in [1.54, 1.807) is 0 Å². The van der Waals surface area contributed by atoms with Crippen LogP contribution in [0.25, 0.3) is 0 Å². The van der Waals surface area contributed by atoms with E-state index in [0.29, 0.717) is 0 Å². The minimum Gasteiger partial charge on any atom is -0.371 e. The van der Waals surface area contributed by atoms with E-state index in [4.69, 9.17) is 9.47 Å². The lowest BCUT2D eigenvalue weighted by Crippen LogP contribution is -2.44. The third-order valence-corrected chi connectivity index (χ3v) is 2.40. The molecule has 0 bridgehead atoms. The summed E-state index contributed by atoms with van der Waals surface area (Å²) >= 11 is 0. The minimum atomic E-state index is -1.60. The number of Topliss-reactive ketones (excluding diaryl/α,β-unsaturated/α-hetero) is 2. The Hall–Kier alpha value is -1.30. The van der Waals surface area contributed by atoms with E-state index in [1.165, 1.54) is 39.4 Å². The van der Waals surface area contributed by atoms with E-state index in [9.17, 15) is 14.7 Å². The van der Waals surface area contributed by atoms with Gasteiger partial charge in [0.05, 0.1) is 0 Å². The van der Waals surface area contributed by atoms with Crippen LogP contribution in [0.5, 0.6) is 0 Å². The van der Waals surface area contributed by atoms with Crippen LogP contribution in [0.4, 0.5) is 0 Å². The van der Waals surface area contributed by atoms with Crippen molar-refractivity contribution in [1.29, 1.82) is 0 Å². The first kappa shape index (κ1) is 12.8. The molecule has 0 aromatic heterocycles. The highest BCUT2D eigenvalue weighted by atomic mass is 16.6. The fraction of sp³-hybridized carbons (Fsp3) is 0.455. The molecule has 1 N–H and O–H groups in total. The number of carbonyl (C=O) groups is 2. The van der Waals surface area contributed by atoms with Gasteiger partial charge < -0.3 is 14.6 Å². The second-order valence-electron chi connectivity index (χ2n) is 3.45. The molecule has 0 saturated heterocycles. The zero-order valence-electron chi connectivity index (χ0n) is 9.39. The van der Waals surface area contributed by atoms with Gasteiger partial charge in [0.15, 0.2) is 5.78 Å². The molecule has 0 saturated carbocycles. The molecule has 16 heavy (non-hydrogen) atoms. The number of hydrogen-bond donors (Lipinski definition) is 1. The number of ketones is 2. The summed E-state index contributed by atoms with van der Waals surface area (Å²) in [6.45, 7) is 1.19. The van der Waals surface area contributed by atoms with Gasteiger partial charge in [-0.2, -0.15) is 0 Å². The van der Waals surface area contributed by atoms with Crippen LogP contribution in [0, 0.1) is 0 Å². The molecule has 2 atom stereocenters. The van der Waals surface area contributed by atoms with E-state index in [2.05, 4.69) is 0 Å². The lowest BCUT2D eigenvalue weighted by molar-refractivity contribution is -0.203. The van der Waals surface area contributed by atoms with Crippen LogP contribution < -0.4 is 0 Å². The molecule has 1 aliphatic rings. The summed E-state index contributed by atoms with van der Waals surface area (Å²) in [5.74, 6) is -2.78. The molecule has 88 valence electrons. The second-order valence-corrected chi connectivity index (χ2v) is 3.45. The van der Waals surface area contributed by atoms with Crippen molar-refractivity contribution in [3.8, 4) is 0 Å². The third-order valence-electron chi connectivity index (χ3n) is 2.40. The number of rotatable bonds is 4. The minimum absolute atomic E-state index is 0.195. The number of methoxy groups -OCH3 is 2. The summed E-state index contributed by atoms with van der Waals surface area (Å²) in [7, 11) is 2.70. The van der Waals surface area contributed by atoms with Gasteiger partial charge >= 0.3 is 0 Å². The Morgan fingerprint density at radius 3 is 2.50 bits per heavy atom. The SMILES string of the molecule is COC1C=C(C(=O)C(C)=O)C=CC1(O)OC. The first-order valence-electron chi connectivity index (χ1n) is 4.71. The number of aliphatic hydroxyl groups is 1. The normalized spacial score (nSPS) is 28.8. The monoisotopic (exact) mass is 226 g/mol. The van der Waals surface area contributed by atoms with E-state index in [-0.39, 0.29) is 5.57 Å². The Balaban J connectivity index is 3.00. The molecular weight excluding hydrogens is 212 g/mol. The molecule has 5 nitrogen and oxygen atoms in total. The molecule has 0 aromatic rings. The quantitative estimate of drug-likeness (QED) is 0.539. The number of ether oxygens (including phenoxy) is 2. The van der Waals surface area contributed by atoms with Gasteiger partial charge in [0.2, 0.25) is 11.6 Å². The summed E-state index contributed by atoms with van der Waals surface area (Å²) in [5.41, 5.74) is 0.195. The molecular formula is C11H14O5. The van der Waals surface area contributed by atoms with Gasteiger partial charge in [-0.05, 0) is 18.2 Å². The van der Waals surface area contributed by atoms with Crippen LogP contribution in [-0.2, 0) is 19.1 Å². The van der Waals surface area contributed by atoms with E-state index in [0.717, 1.165) is 0 Å². The standard InChI is InChI=1S/C11H14O5/c1-7(12)10(13)8-4-5-11(14,16-3)9(6-8)15-2/h4-6,9,14H,1-3H3. The second kappa shape index (κ2) is 4.69. The Morgan fingerprint density at radius 1 is 1.44 bits per heavy atom. The van der Waals surface area contributed by atoms with Crippen molar-refractivity contribution in [3.63, 3.8) is 0 Å². The van der Waals surface area contributed by atoms with E-state index in [1.807, 2.05) is 0 Å². The molecule has 0 amide bonds. The molecule has 0 heterocycles. The van der Waals surface area contributed by atoms with Gasteiger partial charge in [-0.1, -0.05) is 0 Å². The Bertz CT molecular complexity index is 369. The highest BCUT2D eigenvalue weighted by Crippen LogP contribution is 2.24. The van der Waals surface area contributed by atoms with Gasteiger partial charge in [0.1, 0.15) is 6.10 Å². The van der Waals surface area contributed by atoms with Crippen LogP contribution in [0.2, 0.25) is 0 Å². The molecule has 0 radical (unpaired) electrons. The van der Waals surface area contributed by atoms with Crippen molar-refractivity contribution in [2.24, 2.45) is 0 Å². The first-order chi connectivity index (χ1) is 7.44. The molecule has 1 rings (SSSR count). The average molecular weight is 226 g/mol. The van der Waals surface area contributed by atoms with E-state index < -0.39 is 23.5 Å². The van der Waals surface area contributed by atoms with Crippen molar-refractivity contribution in [2.45, 2.75) is 18.8 Å². The zero-order valence-corrected chi connectivity index (χ0v) is 9.39. The zero-order chi connectivity index (χ0) is 12.3. The van der Waals surface area contributed by atoms with Gasteiger partial charge in [-0.3, -0.25) is 9.59 Å². The average Bonchev–Trinajstić information content (AvgIpc) is 2.28. The van der Waals surface area contributed by atoms with Crippen LogP contribution >= 0.6 is 0 Å². The van der Waals surface area contributed by atoms with Crippen molar-refractivity contribution >= 4 is 11.6 Å². The fourth-order valence-electron chi connectivity index (χ4n) is 1.42. The van der Waals surface area contributed by atoms with E-state index >= 15 is 0 Å². The smallest absolute Gasteiger partial charge is 0.228 e. The van der Waals surface area contributed by atoms with Gasteiger partial charge in [-0.25, -0.2) is 0 Å². The van der Waals surface area contributed by atoms with Gasteiger partial charge in [0.25, 0.3) is 0 Å².